The molecule has 0 spiro atoms. The number of likely N-dealkylation sites (tertiary alicyclic amines) is 1. The molecule has 2 aliphatic rings. The summed E-state index contributed by atoms with van der Waals surface area (Å²) in [4.78, 5) is 18.9. The van der Waals surface area contributed by atoms with Crippen LogP contribution in [0.3, 0.4) is 0 Å². The van der Waals surface area contributed by atoms with Crippen LogP contribution in [0, 0.1) is 5.92 Å². The fourth-order valence-corrected chi connectivity index (χ4v) is 3.48. The van der Waals surface area contributed by atoms with Gasteiger partial charge < -0.3 is 25.0 Å². The number of phenols is 1. The molecule has 0 aromatic heterocycles. The molecule has 1 atom stereocenters. The van der Waals surface area contributed by atoms with Gasteiger partial charge in [-0.1, -0.05) is 0 Å². The number of nitrogens with one attached hydrogen (secondary N) is 1. The van der Waals surface area contributed by atoms with Gasteiger partial charge in [-0.3, -0.25) is 9.69 Å². The quantitative estimate of drug-likeness (QED) is 0.426. The number of likely N-dealkylation sites (N-methyl/N-ethyl adjacent to an activating group) is 1. The average Bonchev–Trinajstić information content (AvgIpc) is 3.08. The van der Waals surface area contributed by atoms with Gasteiger partial charge in [0.25, 0.3) is 0 Å². The fourth-order valence-electron chi connectivity index (χ4n) is 3.48. The predicted molar refractivity (Wildman–Crippen MR) is 101 cm³/mol. The number of benzene rings is 1. The lowest BCUT2D eigenvalue weighted by Crippen LogP contribution is -2.49. The third-order valence-electron chi connectivity index (χ3n) is 5.18. The first kappa shape index (κ1) is 18.9. The minimum atomic E-state index is 0.258. The third kappa shape index (κ3) is 5.59. The molecule has 0 bridgehead atoms. The maximum atomic E-state index is 12.4. The van der Waals surface area contributed by atoms with Gasteiger partial charge in [-0.25, -0.2) is 0 Å². The van der Waals surface area contributed by atoms with E-state index in [9.17, 15) is 9.90 Å². The van der Waals surface area contributed by atoms with Crippen LogP contribution in [0.1, 0.15) is 6.42 Å². The summed E-state index contributed by atoms with van der Waals surface area (Å²) in [5.74, 6) is 0.999. The second-order valence-electron chi connectivity index (χ2n) is 7.31. The van der Waals surface area contributed by atoms with Crippen LogP contribution in [0.4, 0.5) is 5.69 Å². The number of rotatable bonds is 7. The first-order valence-corrected chi connectivity index (χ1v) is 9.39. The van der Waals surface area contributed by atoms with Crippen molar-refractivity contribution in [1.82, 2.24) is 14.7 Å². The van der Waals surface area contributed by atoms with Gasteiger partial charge in [-0.2, -0.15) is 0 Å². The minimum absolute atomic E-state index is 0.258. The van der Waals surface area contributed by atoms with Crippen molar-refractivity contribution in [2.24, 2.45) is 5.92 Å². The lowest BCUT2D eigenvalue weighted by Gasteiger charge is -2.33. The van der Waals surface area contributed by atoms with E-state index in [4.69, 9.17) is 4.74 Å². The number of nitrogens with zero attached hydrogens (tertiary/aromatic N) is 3. The zero-order valence-corrected chi connectivity index (χ0v) is 15.6. The molecule has 2 aliphatic heterocycles. The van der Waals surface area contributed by atoms with E-state index in [2.05, 4.69) is 22.2 Å². The Morgan fingerprint density at radius 2 is 1.92 bits per heavy atom. The number of piperazine rings is 1. The number of amides is 1. The maximum Gasteiger partial charge on any atom is 0.236 e. The van der Waals surface area contributed by atoms with Gasteiger partial charge in [-0.15, -0.1) is 0 Å². The molecule has 2 heterocycles. The Bertz CT molecular complexity index is 573. The van der Waals surface area contributed by atoms with Crippen LogP contribution in [0.5, 0.6) is 5.75 Å². The number of carbonyl (C=O) groups excluding carboxylic acids is 1. The van der Waals surface area contributed by atoms with E-state index < -0.39 is 0 Å². The Hall–Kier alpha value is -1.83. The maximum absolute atomic E-state index is 12.4. The summed E-state index contributed by atoms with van der Waals surface area (Å²) in [5, 5.41) is 12.4. The van der Waals surface area contributed by atoms with Crippen LogP contribution in [-0.2, 0) is 9.53 Å². The number of hydrogen-bond acceptors (Lipinski definition) is 6. The molecule has 7 nitrogen and oxygen atoms in total. The van der Waals surface area contributed by atoms with Crippen molar-refractivity contribution in [3.8, 4) is 5.75 Å². The Morgan fingerprint density at radius 3 is 2.65 bits per heavy atom. The molecule has 144 valence electrons. The van der Waals surface area contributed by atoms with Crippen LogP contribution in [0.15, 0.2) is 24.3 Å². The normalized spacial score (nSPS) is 21.9. The molecule has 1 amide bonds. The zero-order valence-electron chi connectivity index (χ0n) is 15.6. The largest absolute Gasteiger partial charge is 0.508 e. The molecule has 2 N–H and O–H groups in total. The summed E-state index contributed by atoms with van der Waals surface area (Å²) < 4.78 is 5.73. The highest BCUT2D eigenvalue weighted by molar-refractivity contribution is 5.78. The summed E-state index contributed by atoms with van der Waals surface area (Å²) in [5.41, 5.74) is 0.925. The molecular weight excluding hydrogens is 332 g/mol. The van der Waals surface area contributed by atoms with E-state index in [1.54, 1.807) is 12.1 Å². The second kappa shape index (κ2) is 9.21. The fraction of sp³-hybridized carbons (Fsp3) is 0.632. The monoisotopic (exact) mass is 362 g/mol. The molecule has 2 saturated heterocycles. The Morgan fingerprint density at radius 1 is 1.19 bits per heavy atom. The molecule has 0 saturated carbocycles. The summed E-state index contributed by atoms with van der Waals surface area (Å²) in [6, 6.07) is 6.93. The van der Waals surface area contributed by atoms with Crippen molar-refractivity contribution in [3.05, 3.63) is 24.3 Å². The molecule has 26 heavy (non-hydrogen) atoms. The first-order chi connectivity index (χ1) is 12.6. The smallest absolute Gasteiger partial charge is 0.236 e. The van der Waals surface area contributed by atoms with Gasteiger partial charge in [0.15, 0.2) is 0 Å². The van der Waals surface area contributed by atoms with Crippen molar-refractivity contribution in [1.29, 1.82) is 0 Å². The summed E-state index contributed by atoms with van der Waals surface area (Å²) in [7, 11) is 2.10. The number of aromatic hydroxyl groups is 1. The van der Waals surface area contributed by atoms with Crippen molar-refractivity contribution in [2.45, 2.75) is 6.42 Å². The topological polar surface area (TPSA) is 68.3 Å². The van der Waals surface area contributed by atoms with Gasteiger partial charge in [0, 0.05) is 38.4 Å². The van der Waals surface area contributed by atoms with Gasteiger partial charge in [0.05, 0.1) is 13.2 Å². The van der Waals surface area contributed by atoms with E-state index in [1.165, 1.54) is 0 Å². The van der Waals surface area contributed by atoms with Gasteiger partial charge in [0.1, 0.15) is 12.5 Å². The highest BCUT2D eigenvalue weighted by Gasteiger charge is 2.26. The molecule has 7 heteroatoms. The first-order valence-electron chi connectivity index (χ1n) is 9.39. The highest BCUT2D eigenvalue weighted by Crippen LogP contribution is 2.17. The van der Waals surface area contributed by atoms with Crippen molar-refractivity contribution < 1.29 is 14.6 Å². The van der Waals surface area contributed by atoms with Gasteiger partial charge in [0.2, 0.25) is 5.91 Å². The van der Waals surface area contributed by atoms with Crippen LogP contribution in [-0.4, -0.2) is 91.9 Å². The second-order valence-corrected chi connectivity index (χ2v) is 7.31. The summed E-state index contributed by atoms with van der Waals surface area (Å²) >= 11 is 0. The standard InChI is InChI=1S/C19H30N4O3/c1-21-8-10-23(11-9-21)19(25)13-22-7-6-16(12-22)14-26-15-20-17-2-4-18(24)5-3-17/h2-5,16,20,24H,6-15H2,1H3. The van der Waals surface area contributed by atoms with Crippen LogP contribution < -0.4 is 5.32 Å². The number of anilines is 1. The number of ether oxygens (including phenoxy) is 1. The van der Waals surface area contributed by atoms with Crippen molar-refractivity contribution in [3.63, 3.8) is 0 Å². The molecule has 1 aromatic rings. The van der Waals surface area contributed by atoms with Crippen molar-refractivity contribution in [2.75, 3.05) is 71.5 Å². The van der Waals surface area contributed by atoms with E-state index in [0.29, 0.717) is 25.8 Å². The highest BCUT2D eigenvalue weighted by atomic mass is 16.5. The average molecular weight is 362 g/mol. The Kier molecular flexibility index (Phi) is 6.71. The summed E-state index contributed by atoms with van der Waals surface area (Å²) in [6.45, 7) is 7.21. The molecule has 2 fully saturated rings. The van der Waals surface area contributed by atoms with Crippen molar-refractivity contribution >= 4 is 11.6 Å². The zero-order chi connectivity index (χ0) is 18.4. The molecule has 0 radical (unpaired) electrons. The number of phenolic OH excluding ortho intramolecular Hbond substituents is 1. The lowest BCUT2D eigenvalue weighted by atomic mass is 10.1. The third-order valence-corrected chi connectivity index (χ3v) is 5.18. The van der Waals surface area contributed by atoms with Crippen LogP contribution in [0.25, 0.3) is 0 Å². The molecule has 3 rings (SSSR count). The minimum Gasteiger partial charge on any atom is -0.508 e. The molecule has 0 aliphatic carbocycles. The van der Waals surface area contributed by atoms with Gasteiger partial charge >= 0.3 is 0 Å². The van der Waals surface area contributed by atoms with Crippen LogP contribution >= 0.6 is 0 Å². The molecular formula is C19H30N4O3. The van der Waals surface area contributed by atoms with Crippen LogP contribution in [0.2, 0.25) is 0 Å². The summed E-state index contributed by atoms with van der Waals surface area (Å²) in [6.07, 6.45) is 1.08. The van der Waals surface area contributed by atoms with E-state index in [0.717, 1.165) is 51.4 Å². The van der Waals surface area contributed by atoms with Gasteiger partial charge in [-0.05, 0) is 50.2 Å². The van der Waals surface area contributed by atoms with E-state index >= 15 is 0 Å². The lowest BCUT2D eigenvalue weighted by molar-refractivity contribution is -0.133. The Labute approximate surface area is 155 Å². The SMILES string of the molecule is CN1CCN(C(=O)CN2CCC(COCNc3ccc(O)cc3)C2)CC1. The number of hydrogen-bond donors (Lipinski definition) is 2. The van der Waals surface area contributed by atoms with E-state index in [-0.39, 0.29) is 11.7 Å². The number of carbonyl (C=O) groups is 1. The Balaban J connectivity index is 1.30. The predicted octanol–water partition coefficient (Wildman–Crippen LogP) is 0.874. The van der Waals surface area contributed by atoms with E-state index in [1.807, 2.05) is 17.0 Å². The molecule has 1 aromatic carbocycles. The molecule has 1 unspecified atom stereocenters.